The molecule has 3 heterocycles. The van der Waals surface area contributed by atoms with Gasteiger partial charge in [-0.1, -0.05) is 30.3 Å². The highest BCUT2D eigenvalue weighted by molar-refractivity contribution is 5.54. The molecule has 0 spiro atoms. The molecule has 0 aliphatic carbocycles. The second-order valence-corrected chi connectivity index (χ2v) is 6.65. The lowest BCUT2D eigenvalue weighted by atomic mass is 9.94. The third kappa shape index (κ3) is 3.46. The number of hydrogen-bond acceptors (Lipinski definition) is 4. The van der Waals surface area contributed by atoms with Crippen molar-refractivity contribution in [2.24, 2.45) is 0 Å². The fourth-order valence-corrected chi connectivity index (χ4v) is 3.55. The zero-order valence-electron chi connectivity index (χ0n) is 14.5. The number of benzene rings is 1. The molecule has 1 aliphatic rings. The molecule has 1 saturated heterocycles. The average molecular weight is 333 g/mol. The van der Waals surface area contributed by atoms with E-state index in [1.165, 1.54) is 5.69 Å². The molecule has 0 amide bonds. The summed E-state index contributed by atoms with van der Waals surface area (Å²) in [4.78, 5) is 19.4. The number of nitrogens with one attached hydrogen (secondary N) is 1. The van der Waals surface area contributed by atoms with E-state index >= 15 is 0 Å². The molecule has 0 radical (unpaired) electrons. The maximum absolute atomic E-state index is 4.56. The Morgan fingerprint density at radius 1 is 1.00 bits per heavy atom. The van der Waals surface area contributed by atoms with E-state index in [1.54, 1.807) is 0 Å². The van der Waals surface area contributed by atoms with Crippen molar-refractivity contribution in [2.75, 3.05) is 13.1 Å². The molecule has 0 saturated carbocycles. The molecule has 1 atom stereocenters. The average Bonchev–Trinajstić information content (AvgIpc) is 3.19. The van der Waals surface area contributed by atoms with Crippen LogP contribution in [0.3, 0.4) is 0 Å². The zero-order valence-corrected chi connectivity index (χ0v) is 14.5. The van der Waals surface area contributed by atoms with Crippen molar-refractivity contribution in [1.82, 2.24) is 24.8 Å². The molecule has 1 aliphatic heterocycles. The second kappa shape index (κ2) is 7.15. The number of likely N-dealkylation sites (tertiary alicyclic amines) is 1. The summed E-state index contributed by atoms with van der Waals surface area (Å²) in [5, 5.41) is 0. The number of rotatable bonds is 4. The molecule has 25 heavy (non-hydrogen) atoms. The maximum Gasteiger partial charge on any atom is 0.137 e. The van der Waals surface area contributed by atoms with Gasteiger partial charge in [-0.15, -0.1) is 0 Å². The number of aromatic nitrogens is 4. The lowest BCUT2D eigenvalue weighted by Gasteiger charge is -2.35. The number of piperidine rings is 1. The molecule has 5 nitrogen and oxygen atoms in total. The fraction of sp³-hybridized carbons (Fsp3) is 0.350. The Bertz CT molecular complexity index is 791. The van der Waals surface area contributed by atoms with Gasteiger partial charge in [0.25, 0.3) is 0 Å². The van der Waals surface area contributed by atoms with Crippen LogP contribution in [0.5, 0.6) is 0 Å². The molecule has 128 valence electrons. The van der Waals surface area contributed by atoms with Crippen LogP contribution in [0, 0.1) is 0 Å². The molecule has 3 aromatic rings. The molecule has 5 heteroatoms. The van der Waals surface area contributed by atoms with E-state index < -0.39 is 0 Å². The van der Waals surface area contributed by atoms with Crippen LogP contribution >= 0.6 is 0 Å². The van der Waals surface area contributed by atoms with E-state index in [1.807, 2.05) is 42.9 Å². The first-order chi connectivity index (χ1) is 12.3. The number of hydrogen-bond donors (Lipinski definition) is 1. The van der Waals surface area contributed by atoms with Crippen LogP contribution in [-0.2, 0) is 0 Å². The molecular formula is C20H23N5. The highest BCUT2D eigenvalue weighted by Crippen LogP contribution is 2.30. The third-order valence-corrected chi connectivity index (χ3v) is 5.12. The van der Waals surface area contributed by atoms with Crippen molar-refractivity contribution in [3.05, 3.63) is 66.5 Å². The number of nitrogens with zero attached hydrogens (tertiary/aromatic N) is 4. The Hall–Kier alpha value is -2.53. The van der Waals surface area contributed by atoms with Gasteiger partial charge in [0.05, 0.1) is 11.9 Å². The largest absolute Gasteiger partial charge is 0.341 e. The van der Waals surface area contributed by atoms with Gasteiger partial charge in [-0.05, 0) is 38.9 Å². The molecular weight excluding hydrogens is 310 g/mol. The van der Waals surface area contributed by atoms with Crippen LogP contribution in [-0.4, -0.2) is 37.9 Å². The monoisotopic (exact) mass is 333 g/mol. The van der Waals surface area contributed by atoms with E-state index in [9.17, 15) is 0 Å². The van der Waals surface area contributed by atoms with E-state index in [0.29, 0.717) is 12.0 Å². The Balaban J connectivity index is 1.41. The first kappa shape index (κ1) is 16.0. The van der Waals surface area contributed by atoms with E-state index in [2.05, 4.69) is 43.9 Å². The normalized spacial score (nSPS) is 17.5. The lowest BCUT2D eigenvalue weighted by Crippen LogP contribution is -2.35. The minimum absolute atomic E-state index is 0.336. The van der Waals surface area contributed by atoms with Crippen molar-refractivity contribution < 1.29 is 0 Å². The Morgan fingerprint density at radius 3 is 2.44 bits per heavy atom. The molecule has 1 fully saturated rings. The number of imidazole rings is 1. The topological polar surface area (TPSA) is 57.7 Å². The predicted octanol–water partition coefficient (Wildman–Crippen LogP) is 3.81. The van der Waals surface area contributed by atoms with Crippen molar-refractivity contribution in [3.8, 4) is 11.4 Å². The quantitative estimate of drug-likeness (QED) is 0.789. The molecule has 2 aromatic heterocycles. The van der Waals surface area contributed by atoms with Crippen molar-refractivity contribution in [3.63, 3.8) is 0 Å². The second-order valence-electron chi connectivity index (χ2n) is 6.65. The zero-order chi connectivity index (χ0) is 17.1. The first-order valence-electron chi connectivity index (χ1n) is 8.92. The van der Waals surface area contributed by atoms with Gasteiger partial charge in [0.15, 0.2) is 0 Å². The van der Waals surface area contributed by atoms with Gasteiger partial charge in [-0.25, -0.2) is 15.0 Å². The van der Waals surface area contributed by atoms with Crippen molar-refractivity contribution in [2.45, 2.75) is 31.7 Å². The van der Waals surface area contributed by atoms with Gasteiger partial charge < -0.3 is 4.98 Å². The summed E-state index contributed by atoms with van der Waals surface area (Å²) in [5.41, 5.74) is 2.30. The molecule has 0 bridgehead atoms. The van der Waals surface area contributed by atoms with Crippen LogP contribution in [0.25, 0.3) is 11.4 Å². The van der Waals surface area contributed by atoms with E-state index in [4.69, 9.17) is 0 Å². The predicted molar refractivity (Wildman–Crippen MR) is 98.0 cm³/mol. The summed E-state index contributed by atoms with van der Waals surface area (Å²) in [6, 6.07) is 12.5. The number of H-pyrrole nitrogens is 1. The minimum atomic E-state index is 0.336. The standard InChI is InChI=1S/C20H23N5/c1-15(18-14-23-20(24-18)16-6-3-2-4-7-16)25-12-8-17(9-13-25)19-21-10-5-11-22-19/h2-7,10-11,14-15,17H,8-9,12-13H2,1H3,(H,23,24). The summed E-state index contributed by atoms with van der Waals surface area (Å²) in [6.45, 7) is 4.37. The first-order valence-corrected chi connectivity index (χ1v) is 8.92. The summed E-state index contributed by atoms with van der Waals surface area (Å²) >= 11 is 0. The van der Waals surface area contributed by atoms with Gasteiger partial charge in [0.1, 0.15) is 11.6 Å². The lowest BCUT2D eigenvalue weighted by molar-refractivity contribution is 0.158. The smallest absolute Gasteiger partial charge is 0.137 e. The summed E-state index contributed by atoms with van der Waals surface area (Å²) in [6.07, 6.45) is 7.86. The van der Waals surface area contributed by atoms with Crippen LogP contribution in [0.4, 0.5) is 0 Å². The molecule has 1 unspecified atom stereocenters. The van der Waals surface area contributed by atoms with Crippen LogP contribution < -0.4 is 0 Å². The summed E-state index contributed by atoms with van der Waals surface area (Å²) in [5.74, 6) is 2.41. The van der Waals surface area contributed by atoms with Crippen molar-refractivity contribution in [1.29, 1.82) is 0 Å². The maximum atomic E-state index is 4.56. The van der Waals surface area contributed by atoms with Gasteiger partial charge in [0.2, 0.25) is 0 Å². The van der Waals surface area contributed by atoms with Gasteiger partial charge in [-0.3, -0.25) is 4.90 Å². The third-order valence-electron chi connectivity index (χ3n) is 5.12. The van der Waals surface area contributed by atoms with Crippen LogP contribution in [0.2, 0.25) is 0 Å². The summed E-state index contributed by atoms with van der Waals surface area (Å²) in [7, 11) is 0. The van der Waals surface area contributed by atoms with Crippen molar-refractivity contribution >= 4 is 0 Å². The Morgan fingerprint density at radius 2 is 1.72 bits per heavy atom. The Kier molecular flexibility index (Phi) is 4.57. The highest BCUT2D eigenvalue weighted by atomic mass is 15.2. The van der Waals surface area contributed by atoms with E-state index in [-0.39, 0.29) is 0 Å². The highest BCUT2D eigenvalue weighted by Gasteiger charge is 2.26. The summed E-state index contributed by atoms with van der Waals surface area (Å²) < 4.78 is 0. The van der Waals surface area contributed by atoms with Crippen LogP contribution in [0.1, 0.15) is 43.2 Å². The van der Waals surface area contributed by atoms with Gasteiger partial charge >= 0.3 is 0 Å². The number of aromatic amines is 1. The molecule has 4 rings (SSSR count). The fourth-order valence-electron chi connectivity index (χ4n) is 3.55. The Labute approximate surface area is 148 Å². The van der Waals surface area contributed by atoms with E-state index in [0.717, 1.165) is 43.1 Å². The SMILES string of the molecule is CC(c1cnc(-c2ccccc2)[nH]1)N1CCC(c2ncccn2)CC1. The van der Waals surface area contributed by atoms with Crippen LogP contribution in [0.15, 0.2) is 55.0 Å². The van der Waals surface area contributed by atoms with Gasteiger partial charge in [0, 0.05) is 29.9 Å². The minimum Gasteiger partial charge on any atom is -0.341 e. The molecule has 1 N–H and O–H groups in total. The molecule has 1 aromatic carbocycles. The van der Waals surface area contributed by atoms with Gasteiger partial charge in [-0.2, -0.15) is 0 Å².